The van der Waals surface area contributed by atoms with E-state index >= 15 is 0 Å². The smallest absolute Gasteiger partial charge is 0.276 e. The Kier molecular flexibility index (Phi) is 3.10. The SMILES string of the molecule is CC(C)n1ccc(NC(=O)c2csc(N)n2)n1. The van der Waals surface area contributed by atoms with Crippen LogP contribution in [0, 0.1) is 0 Å². The summed E-state index contributed by atoms with van der Waals surface area (Å²) in [5.41, 5.74) is 5.77. The molecule has 17 heavy (non-hydrogen) atoms. The van der Waals surface area contributed by atoms with E-state index in [-0.39, 0.29) is 11.9 Å². The van der Waals surface area contributed by atoms with E-state index in [2.05, 4.69) is 15.4 Å². The van der Waals surface area contributed by atoms with Crippen LogP contribution in [-0.4, -0.2) is 20.7 Å². The lowest BCUT2D eigenvalue weighted by Crippen LogP contribution is -2.13. The highest BCUT2D eigenvalue weighted by Crippen LogP contribution is 2.13. The minimum atomic E-state index is -0.299. The van der Waals surface area contributed by atoms with Gasteiger partial charge in [-0.15, -0.1) is 11.3 Å². The minimum Gasteiger partial charge on any atom is -0.375 e. The number of nitrogens with two attached hydrogens (primary N) is 1. The summed E-state index contributed by atoms with van der Waals surface area (Å²) >= 11 is 1.23. The molecule has 90 valence electrons. The number of thiazole rings is 1. The molecule has 3 N–H and O–H groups in total. The molecule has 2 aromatic rings. The van der Waals surface area contributed by atoms with E-state index in [1.807, 2.05) is 20.0 Å². The molecule has 0 spiro atoms. The first-order valence-corrected chi connectivity index (χ1v) is 6.01. The van der Waals surface area contributed by atoms with Crippen LogP contribution in [0.3, 0.4) is 0 Å². The van der Waals surface area contributed by atoms with Gasteiger partial charge in [0.2, 0.25) is 0 Å². The molecule has 0 fully saturated rings. The molecule has 7 heteroatoms. The Hall–Kier alpha value is -1.89. The first-order chi connectivity index (χ1) is 8.06. The summed E-state index contributed by atoms with van der Waals surface area (Å²) in [5.74, 6) is 0.210. The molecule has 2 heterocycles. The van der Waals surface area contributed by atoms with Gasteiger partial charge in [0.05, 0.1) is 0 Å². The van der Waals surface area contributed by atoms with Gasteiger partial charge in [-0.05, 0) is 13.8 Å². The fraction of sp³-hybridized carbons (Fsp3) is 0.300. The van der Waals surface area contributed by atoms with Gasteiger partial charge in [-0.3, -0.25) is 9.48 Å². The van der Waals surface area contributed by atoms with Crippen molar-refractivity contribution in [2.24, 2.45) is 0 Å². The van der Waals surface area contributed by atoms with Crippen molar-refractivity contribution in [2.75, 3.05) is 11.1 Å². The van der Waals surface area contributed by atoms with E-state index in [9.17, 15) is 4.79 Å². The van der Waals surface area contributed by atoms with Crippen molar-refractivity contribution in [3.8, 4) is 0 Å². The molecule has 0 radical (unpaired) electrons. The first-order valence-electron chi connectivity index (χ1n) is 5.14. The maximum Gasteiger partial charge on any atom is 0.276 e. The van der Waals surface area contributed by atoms with E-state index in [1.165, 1.54) is 11.3 Å². The van der Waals surface area contributed by atoms with Crippen molar-refractivity contribution < 1.29 is 4.79 Å². The second kappa shape index (κ2) is 4.54. The molecular weight excluding hydrogens is 238 g/mol. The summed E-state index contributed by atoms with van der Waals surface area (Å²) in [6, 6.07) is 2.00. The number of rotatable bonds is 3. The maximum atomic E-state index is 11.7. The van der Waals surface area contributed by atoms with Crippen LogP contribution in [0.4, 0.5) is 10.9 Å². The number of nitrogens with one attached hydrogen (secondary N) is 1. The van der Waals surface area contributed by atoms with Gasteiger partial charge in [0.1, 0.15) is 5.69 Å². The molecule has 0 bridgehead atoms. The van der Waals surface area contributed by atoms with Gasteiger partial charge < -0.3 is 11.1 Å². The van der Waals surface area contributed by atoms with Crippen LogP contribution < -0.4 is 11.1 Å². The Morgan fingerprint density at radius 3 is 2.88 bits per heavy atom. The molecular formula is C10H13N5OS. The van der Waals surface area contributed by atoms with Crippen LogP contribution in [0.15, 0.2) is 17.6 Å². The average Bonchev–Trinajstić information content (AvgIpc) is 2.86. The second-order valence-corrected chi connectivity index (χ2v) is 4.69. The summed E-state index contributed by atoms with van der Waals surface area (Å²) in [6.45, 7) is 4.03. The summed E-state index contributed by atoms with van der Waals surface area (Å²) in [4.78, 5) is 15.6. The highest BCUT2D eigenvalue weighted by Gasteiger charge is 2.11. The topological polar surface area (TPSA) is 85.8 Å². The summed E-state index contributed by atoms with van der Waals surface area (Å²) in [7, 11) is 0. The molecule has 0 unspecified atom stereocenters. The Morgan fingerprint density at radius 2 is 2.35 bits per heavy atom. The number of nitrogens with zero attached hydrogens (tertiary/aromatic N) is 3. The number of hydrogen-bond donors (Lipinski definition) is 2. The molecule has 0 aliphatic heterocycles. The van der Waals surface area contributed by atoms with Crippen molar-refractivity contribution in [2.45, 2.75) is 19.9 Å². The molecule has 0 saturated carbocycles. The van der Waals surface area contributed by atoms with E-state index in [4.69, 9.17) is 5.73 Å². The second-order valence-electron chi connectivity index (χ2n) is 3.80. The quantitative estimate of drug-likeness (QED) is 0.870. The zero-order chi connectivity index (χ0) is 12.4. The number of amides is 1. The highest BCUT2D eigenvalue weighted by molar-refractivity contribution is 7.13. The molecule has 2 aromatic heterocycles. The lowest BCUT2D eigenvalue weighted by Gasteiger charge is -2.03. The average molecular weight is 251 g/mol. The monoisotopic (exact) mass is 251 g/mol. The van der Waals surface area contributed by atoms with Gasteiger partial charge in [-0.25, -0.2) is 4.98 Å². The molecule has 0 atom stereocenters. The third kappa shape index (κ3) is 2.62. The van der Waals surface area contributed by atoms with Crippen LogP contribution in [0.2, 0.25) is 0 Å². The van der Waals surface area contributed by atoms with Gasteiger partial charge in [0.25, 0.3) is 5.91 Å². The standard InChI is InChI=1S/C10H13N5OS/c1-6(2)15-4-3-8(14-15)13-9(16)7-5-17-10(11)12-7/h3-6H,1-2H3,(H2,11,12)(H,13,14,16). The molecule has 6 nitrogen and oxygen atoms in total. The van der Waals surface area contributed by atoms with Gasteiger partial charge >= 0.3 is 0 Å². The molecule has 2 rings (SSSR count). The van der Waals surface area contributed by atoms with Crippen LogP contribution in [0.1, 0.15) is 30.4 Å². The summed E-state index contributed by atoms with van der Waals surface area (Å²) in [6.07, 6.45) is 1.82. The predicted octanol–water partition coefficient (Wildman–Crippen LogP) is 1.75. The third-order valence-electron chi connectivity index (χ3n) is 2.13. The molecule has 0 saturated heterocycles. The van der Waals surface area contributed by atoms with E-state index in [1.54, 1.807) is 16.1 Å². The largest absolute Gasteiger partial charge is 0.375 e. The number of aromatic nitrogens is 3. The number of nitrogen functional groups attached to an aromatic ring is 1. The van der Waals surface area contributed by atoms with E-state index in [0.29, 0.717) is 16.6 Å². The van der Waals surface area contributed by atoms with Crippen molar-refractivity contribution in [1.82, 2.24) is 14.8 Å². The van der Waals surface area contributed by atoms with Gasteiger partial charge in [-0.1, -0.05) is 0 Å². The number of hydrogen-bond acceptors (Lipinski definition) is 5. The Labute approximate surface area is 102 Å². The fourth-order valence-electron chi connectivity index (χ4n) is 1.26. The van der Waals surface area contributed by atoms with Crippen LogP contribution in [0.5, 0.6) is 0 Å². The highest BCUT2D eigenvalue weighted by atomic mass is 32.1. The molecule has 0 aromatic carbocycles. The van der Waals surface area contributed by atoms with Crippen molar-refractivity contribution >= 4 is 28.2 Å². The lowest BCUT2D eigenvalue weighted by molar-refractivity contribution is 0.102. The van der Waals surface area contributed by atoms with Crippen molar-refractivity contribution in [3.05, 3.63) is 23.3 Å². The minimum absolute atomic E-state index is 0.260. The van der Waals surface area contributed by atoms with Crippen LogP contribution in [-0.2, 0) is 0 Å². The van der Waals surface area contributed by atoms with Crippen molar-refractivity contribution in [3.63, 3.8) is 0 Å². The van der Waals surface area contributed by atoms with Gasteiger partial charge in [0.15, 0.2) is 10.9 Å². The first kappa shape index (κ1) is 11.6. The molecule has 1 amide bonds. The van der Waals surface area contributed by atoms with Crippen LogP contribution in [0.25, 0.3) is 0 Å². The fourth-order valence-corrected chi connectivity index (χ4v) is 1.81. The van der Waals surface area contributed by atoms with Crippen molar-refractivity contribution in [1.29, 1.82) is 0 Å². The Balaban J connectivity index is 2.07. The molecule has 0 aliphatic carbocycles. The Morgan fingerprint density at radius 1 is 1.59 bits per heavy atom. The summed E-state index contributed by atoms with van der Waals surface area (Å²) in [5, 5.41) is 8.87. The lowest BCUT2D eigenvalue weighted by atomic mass is 10.4. The van der Waals surface area contributed by atoms with E-state index in [0.717, 1.165) is 0 Å². The summed E-state index contributed by atoms with van der Waals surface area (Å²) < 4.78 is 1.77. The zero-order valence-corrected chi connectivity index (χ0v) is 10.4. The number of carbonyl (C=O) groups is 1. The normalized spacial score (nSPS) is 10.8. The number of carbonyl (C=O) groups excluding carboxylic acids is 1. The third-order valence-corrected chi connectivity index (χ3v) is 2.81. The predicted molar refractivity (Wildman–Crippen MR) is 67.1 cm³/mol. The van der Waals surface area contributed by atoms with E-state index < -0.39 is 0 Å². The number of anilines is 2. The zero-order valence-electron chi connectivity index (χ0n) is 9.54. The van der Waals surface area contributed by atoms with Gasteiger partial charge in [0, 0.05) is 23.7 Å². The van der Waals surface area contributed by atoms with Crippen LogP contribution >= 0.6 is 11.3 Å². The van der Waals surface area contributed by atoms with Gasteiger partial charge in [-0.2, -0.15) is 5.10 Å². The maximum absolute atomic E-state index is 11.7. The molecule has 0 aliphatic rings. The Bertz CT molecular complexity index is 530.